The first-order valence-corrected chi connectivity index (χ1v) is 24.0. The van der Waals surface area contributed by atoms with E-state index in [0.717, 1.165) is 12.5 Å². The van der Waals surface area contributed by atoms with Crippen molar-refractivity contribution in [1.29, 1.82) is 0 Å². The number of hydrogen-bond donors (Lipinski definition) is 0. The molecule has 10 rings (SSSR count). The first-order valence-electron chi connectivity index (χ1n) is 21.8. The van der Waals surface area contributed by atoms with Gasteiger partial charge in [-0.05, 0) is 48.5 Å². The second kappa shape index (κ2) is 22.2. The third-order valence-corrected chi connectivity index (χ3v) is 13.9. The SMILES string of the molecule is O=C([O-])c1cc(Oc2c(F)c(F)c(F)c(F)c2F)c(Oc2c(F)c(F)c(F)c(F)c2F)c(Oc2c(F)c(F)c(F)c(F)c2F)c1-c1c(F)c(F)c(F)c(F)c1F.O=c1ccc2ccc([I+]c3ccc4oc5ccccc5c(=O)c4c3)cc2o1. The molecule has 2 heterocycles. The van der Waals surface area contributed by atoms with Gasteiger partial charge in [0.1, 0.15) is 16.7 Å². The van der Waals surface area contributed by atoms with Crippen LogP contribution in [0.2, 0.25) is 0 Å². The molecule has 30 heteroatoms. The van der Waals surface area contributed by atoms with Crippen molar-refractivity contribution in [2.24, 2.45) is 0 Å². The molecule has 0 saturated carbocycles. The summed E-state index contributed by atoms with van der Waals surface area (Å²) in [5.74, 6) is -81.2. The normalized spacial score (nSPS) is 11.4. The molecule has 0 aliphatic heterocycles. The number of carboxylic acids is 1. The number of carbonyl (C=O) groups is 1. The van der Waals surface area contributed by atoms with Crippen molar-refractivity contribution < 1.29 is 142 Å². The van der Waals surface area contributed by atoms with Crippen LogP contribution >= 0.6 is 0 Å². The second-order valence-electron chi connectivity index (χ2n) is 16.3. The van der Waals surface area contributed by atoms with Gasteiger partial charge in [-0.15, -0.1) is 0 Å². The number of rotatable bonds is 10. The van der Waals surface area contributed by atoms with E-state index in [1.807, 2.05) is 48.5 Å². The Bertz CT molecular complexity index is 4460. The van der Waals surface area contributed by atoms with E-state index in [0.29, 0.717) is 27.5 Å². The van der Waals surface area contributed by atoms with E-state index in [1.54, 1.807) is 18.2 Å². The average Bonchev–Trinajstić information content (AvgIpc) is 3.62. The lowest BCUT2D eigenvalue weighted by Crippen LogP contribution is -3.61. The van der Waals surface area contributed by atoms with Crippen LogP contribution in [0.3, 0.4) is 0 Å². The van der Waals surface area contributed by atoms with Gasteiger partial charge >= 0.3 is 26.8 Å². The zero-order valence-electron chi connectivity index (χ0n) is 39.1. The van der Waals surface area contributed by atoms with E-state index in [-0.39, 0.29) is 11.1 Å². The van der Waals surface area contributed by atoms with Crippen molar-refractivity contribution in [2.45, 2.75) is 0 Å². The Labute approximate surface area is 453 Å². The number of aromatic carboxylic acids is 1. The highest BCUT2D eigenvalue weighted by molar-refractivity contribution is 5.99. The fourth-order valence-electron chi connectivity index (χ4n) is 7.51. The Balaban J connectivity index is 0.000000253. The lowest BCUT2D eigenvalue weighted by Gasteiger charge is -2.24. The molecule has 8 aromatic carbocycles. The molecular weight excluding hydrogens is 1290 g/mol. The minimum absolute atomic E-state index is 0.0118. The monoisotopic (exact) mass is 1300 g/mol. The Morgan fingerprint density at radius 1 is 0.373 bits per heavy atom. The predicted molar refractivity (Wildman–Crippen MR) is 235 cm³/mol. The number of ether oxygens (including phenoxy) is 3. The zero-order valence-corrected chi connectivity index (χ0v) is 41.3. The maximum Gasteiger partial charge on any atom is 0.358 e. The van der Waals surface area contributed by atoms with Gasteiger partial charge in [0, 0.05) is 34.7 Å². The van der Waals surface area contributed by atoms with Crippen molar-refractivity contribution in [3.05, 3.63) is 229 Å². The van der Waals surface area contributed by atoms with Crippen LogP contribution in [0.15, 0.2) is 97.3 Å². The molecule has 0 fully saturated rings. The van der Waals surface area contributed by atoms with E-state index >= 15 is 8.78 Å². The molecule has 9 nitrogen and oxygen atoms in total. The Hall–Kier alpha value is -9.36. The number of carboxylic acid groups (broad SMARTS) is 1. The molecule has 0 aliphatic rings. The number of benzene rings is 8. The lowest BCUT2D eigenvalue weighted by atomic mass is 9.95. The smallest absolute Gasteiger partial charge is 0.358 e. The number of hydrogen-bond acceptors (Lipinski definition) is 9. The molecule has 0 amide bonds. The van der Waals surface area contributed by atoms with Gasteiger partial charge in [0.25, 0.3) is 0 Å². The molecule has 0 aliphatic carbocycles. The van der Waals surface area contributed by atoms with Crippen LogP contribution in [0.25, 0.3) is 44.0 Å². The lowest BCUT2D eigenvalue weighted by molar-refractivity contribution is -0.597. The quantitative estimate of drug-likeness (QED) is 0.0328. The summed E-state index contributed by atoms with van der Waals surface area (Å²) in [6.07, 6.45) is 0. The van der Waals surface area contributed by atoms with E-state index in [1.165, 1.54) is 6.07 Å². The molecular formula is C53H13F20IO9. The molecule has 0 N–H and O–H groups in total. The Morgan fingerprint density at radius 2 is 0.783 bits per heavy atom. The van der Waals surface area contributed by atoms with Gasteiger partial charge in [-0.1, -0.05) is 12.1 Å². The summed E-state index contributed by atoms with van der Waals surface area (Å²) in [7, 11) is 0. The van der Waals surface area contributed by atoms with Crippen LogP contribution < -0.4 is 51.6 Å². The predicted octanol–water partition coefficient (Wildman–Crippen LogP) is 11.1. The number of carbonyl (C=O) groups excluding carboxylic acids is 1. The Morgan fingerprint density at radius 3 is 1.29 bits per heavy atom. The summed E-state index contributed by atoms with van der Waals surface area (Å²) in [6.45, 7) is 0. The van der Waals surface area contributed by atoms with Crippen LogP contribution in [0.1, 0.15) is 10.4 Å². The molecule has 0 atom stereocenters. The van der Waals surface area contributed by atoms with E-state index in [2.05, 4.69) is 14.2 Å². The van der Waals surface area contributed by atoms with Crippen LogP contribution in [0.5, 0.6) is 34.5 Å². The summed E-state index contributed by atoms with van der Waals surface area (Å²) in [5, 5.41) is 14.4. The maximum absolute atomic E-state index is 15.2. The highest BCUT2D eigenvalue weighted by Crippen LogP contribution is 2.55. The maximum atomic E-state index is 15.2. The summed E-state index contributed by atoms with van der Waals surface area (Å²) >= 11 is -0.530. The fourth-order valence-corrected chi connectivity index (χ4v) is 9.85. The summed E-state index contributed by atoms with van der Waals surface area (Å²) < 4.78 is 315. The number of halogens is 21. The van der Waals surface area contributed by atoms with Crippen LogP contribution in [-0.4, -0.2) is 5.97 Å². The van der Waals surface area contributed by atoms with E-state index in [4.69, 9.17) is 8.83 Å². The molecule has 0 radical (unpaired) electrons. The molecule has 10 aromatic rings. The second-order valence-corrected chi connectivity index (χ2v) is 19.3. The van der Waals surface area contributed by atoms with Gasteiger partial charge in [-0.3, -0.25) is 4.79 Å². The largest absolute Gasteiger partial charge is 0.545 e. The van der Waals surface area contributed by atoms with Crippen molar-refractivity contribution in [2.75, 3.05) is 0 Å². The third kappa shape index (κ3) is 10.2. The number of fused-ring (bicyclic) bond motifs is 3. The van der Waals surface area contributed by atoms with Gasteiger partial charge in [0.05, 0.1) is 22.3 Å². The fraction of sp³-hybridized carbons (Fsp3) is 0. The molecule has 0 spiro atoms. The molecule has 0 saturated heterocycles. The first-order chi connectivity index (χ1) is 39.1. The summed E-state index contributed by atoms with van der Waals surface area (Å²) in [5.41, 5.74) is -6.29. The van der Waals surface area contributed by atoms with Crippen LogP contribution in [-0.2, 0) is 0 Å². The number of para-hydroxylation sites is 1. The highest BCUT2D eigenvalue weighted by Gasteiger charge is 2.39. The third-order valence-electron chi connectivity index (χ3n) is 11.4. The first kappa shape index (κ1) is 58.3. The van der Waals surface area contributed by atoms with Gasteiger partial charge < -0.3 is 32.9 Å². The van der Waals surface area contributed by atoms with Gasteiger partial charge in [0.15, 0.2) is 41.9 Å². The van der Waals surface area contributed by atoms with E-state index < -0.39 is 201 Å². The zero-order chi connectivity index (χ0) is 60.5. The summed E-state index contributed by atoms with van der Waals surface area (Å²) in [6, 6.07) is 21.5. The minimum atomic E-state index is -3.17. The standard InChI is InChI=1S/C31H2F20O5.C22H12IO4/c32-6-5(7(33)9(35)10(36)8(6)34)4-2(31(52)53)1-3(54-28-20(46)14(40)11(37)15(41)21(28)47)26(55-29-22(48)16(42)12(38)17(43)23(29)49)27(4)56-30-24(50)18(44)13(39)19(45)25(30)51;24-21-10-6-13-5-7-15(12-20(13)27-21)23-14-8-9-19-17(11-14)22(25)16-3-1-2-4-18(16)26-19/h1H,(H,52,53);1-12H/q;+1/p-1. The molecule has 2 aromatic heterocycles. The molecule has 0 unspecified atom stereocenters. The van der Waals surface area contributed by atoms with Crippen LogP contribution in [0, 0.1) is 123 Å². The molecule has 0 bridgehead atoms. The average molecular weight is 1300 g/mol. The molecule has 426 valence electrons. The van der Waals surface area contributed by atoms with Crippen molar-refractivity contribution >= 4 is 38.9 Å². The van der Waals surface area contributed by atoms with Crippen molar-refractivity contribution in [3.63, 3.8) is 0 Å². The van der Waals surface area contributed by atoms with Gasteiger partial charge in [0.2, 0.25) is 122 Å². The van der Waals surface area contributed by atoms with Crippen LogP contribution in [0.4, 0.5) is 87.8 Å². The topological polar surface area (TPSA) is 128 Å². The van der Waals surface area contributed by atoms with Crippen molar-refractivity contribution in [3.8, 4) is 45.6 Å². The molecule has 83 heavy (non-hydrogen) atoms. The van der Waals surface area contributed by atoms with Gasteiger partial charge in [-0.25, -0.2) is 66.3 Å². The minimum Gasteiger partial charge on any atom is -0.545 e. The van der Waals surface area contributed by atoms with E-state index in [9.17, 15) is 98.5 Å². The summed E-state index contributed by atoms with van der Waals surface area (Å²) in [4.78, 5) is 36.5. The van der Waals surface area contributed by atoms with Crippen molar-refractivity contribution in [1.82, 2.24) is 0 Å². The Kier molecular flexibility index (Phi) is 15.6. The van der Waals surface area contributed by atoms with Gasteiger partial charge in [-0.2, -0.15) is 26.3 Å². The highest BCUT2D eigenvalue weighted by atomic mass is 127.